The average Bonchev–Trinajstić information content (AvgIpc) is 3.41. The molecule has 6 heteroatoms. The molecule has 0 aliphatic heterocycles. The summed E-state index contributed by atoms with van der Waals surface area (Å²) in [5, 5.41) is 0. The Morgan fingerprint density at radius 3 is 0.760 bits per heavy atom. The van der Waals surface area contributed by atoms with Crippen LogP contribution in [0.4, 0.5) is 0 Å². The minimum Gasteiger partial charge on any atom is -0.462 e. The van der Waals surface area contributed by atoms with Crippen LogP contribution in [0.25, 0.3) is 0 Å². The number of allylic oxidation sites excluding steroid dienone is 4. The molecule has 0 saturated carbocycles. The number of carbonyl (C=O) groups excluding carboxylic acids is 3. The summed E-state index contributed by atoms with van der Waals surface area (Å²) in [5.41, 5.74) is 0. The molecule has 0 N–H and O–H groups in total. The molecule has 0 bridgehead atoms. The largest absolute Gasteiger partial charge is 0.462 e. The smallest absolute Gasteiger partial charge is 0.306 e. The predicted molar refractivity (Wildman–Crippen MR) is 326 cm³/mol. The second kappa shape index (κ2) is 64.4. The summed E-state index contributed by atoms with van der Waals surface area (Å²) < 4.78 is 17.0. The van der Waals surface area contributed by atoms with Gasteiger partial charge in [0.15, 0.2) is 6.10 Å². The lowest BCUT2D eigenvalue weighted by molar-refractivity contribution is -0.167. The lowest BCUT2D eigenvalue weighted by Gasteiger charge is -2.18. The maximum atomic E-state index is 12.9. The monoisotopic (exact) mass is 1050 g/mol. The molecule has 0 aliphatic carbocycles. The Hall–Kier alpha value is -2.11. The van der Waals surface area contributed by atoms with Crippen LogP contribution in [0.2, 0.25) is 0 Å². The van der Waals surface area contributed by atoms with Gasteiger partial charge in [-0.25, -0.2) is 0 Å². The number of rotatable bonds is 63. The van der Waals surface area contributed by atoms with Crippen molar-refractivity contribution in [2.75, 3.05) is 13.2 Å². The standard InChI is InChI=1S/C69H130O6/c1-4-7-10-13-16-19-22-25-27-29-31-32-33-34-35-36-38-39-41-44-47-50-53-56-59-62-68(71)74-65-66(64-73-67(70)61-58-55-52-49-46-43-24-21-18-15-12-9-6-3)75-69(72)63-60-57-54-51-48-45-42-40-37-30-28-26-23-20-17-14-11-8-5-2/h17,20,26,28,66H,4-16,18-19,21-25,27,29-65H2,1-3H3/b20-17-,28-26-. The highest BCUT2D eigenvalue weighted by Crippen LogP contribution is 2.18. The molecule has 1 atom stereocenters. The van der Waals surface area contributed by atoms with Crippen LogP contribution >= 0.6 is 0 Å². The number of esters is 3. The van der Waals surface area contributed by atoms with E-state index in [1.165, 1.54) is 276 Å². The van der Waals surface area contributed by atoms with Gasteiger partial charge in [-0.3, -0.25) is 14.4 Å². The van der Waals surface area contributed by atoms with Gasteiger partial charge in [0.25, 0.3) is 0 Å². The predicted octanol–water partition coefficient (Wildman–Crippen LogP) is 23.0. The van der Waals surface area contributed by atoms with Gasteiger partial charge in [0.2, 0.25) is 0 Å². The average molecular weight is 1060 g/mol. The summed E-state index contributed by atoms with van der Waals surface area (Å²) in [5.74, 6) is -0.841. The maximum Gasteiger partial charge on any atom is 0.306 e. The number of unbranched alkanes of at least 4 members (excludes halogenated alkanes) is 48. The highest BCUT2D eigenvalue weighted by molar-refractivity contribution is 5.71. The molecule has 6 nitrogen and oxygen atoms in total. The molecule has 0 heterocycles. The Morgan fingerprint density at radius 1 is 0.267 bits per heavy atom. The fourth-order valence-corrected chi connectivity index (χ4v) is 10.4. The molecule has 1 unspecified atom stereocenters. The number of ether oxygens (including phenoxy) is 3. The third kappa shape index (κ3) is 62.6. The number of hydrogen-bond donors (Lipinski definition) is 0. The molecule has 0 radical (unpaired) electrons. The zero-order valence-corrected chi connectivity index (χ0v) is 50.8. The van der Waals surface area contributed by atoms with E-state index in [2.05, 4.69) is 45.1 Å². The van der Waals surface area contributed by atoms with Crippen LogP contribution in [-0.2, 0) is 28.6 Å². The van der Waals surface area contributed by atoms with E-state index in [4.69, 9.17) is 14.2 Å². The maximum absolute atomic E-state index is 12.9. The zero-order valence-electron chi connectivity index (χ0n) is 50.8. The fraction of sp³-hybridized carbons (Fsp3) is 0.899. The molecule has 0 aromatic rings. The molecule has 0 aliphatic rings. The summed E-state index contributed by atoms with van der Waals surface area (Å²) in [6, 6.07) is 0. The fourth-order valence-electron chi connectivity index (χ4n) is 10.4. The second-order valence-corrected chi connectivity index (χ2v) is 23.1. The van der Waals surface area contributed by atoms with Gasteiger partial charge in [-0.1, -0.05) is 334 Å². The minimum absolute atomic E-state index is 0.0666. The molecule has 0 aromatic heterocycles. The van der Waals surface area contributed by atoms with Gasteiger partial charge in [0, 0.05) is 19.3 Å². The molecule has 0 fully saturated rings. The van der Waals surface area contributed by atoms with Crippen LogP contribution in [-0.4, -0.2) is 37.2 Å². The first-order valence-corrected chi connectivity index (χ1v) is 33.8. The van der Waals surface area contributed by atoms with Crippen molar-refractivity contribution in [1.82, 2.24) is 0 Å². The summed E-state index contributed by atoms with van der Waals surface area (Å²) in [6.45, 7) is 6.69. The minimum atomic E-state index is -0.770. The Morgan fingerprint density at radius 2 is 0.480 bits per heavy atom. The molecule has 0 amide bonds. The van der Waals surface area contributed by atoms with Crippen molar-refractivity contribution in [2.24, 2.45) is 0 Å². The Kier molecular flexibility index (Phi) is 62.6. The Bertz CT molecular complexity index is 1210. The molecule has 0 aromatic carbocycles. The van der Waals surface area contributed by atoms with Gasteiger partial charge in [-0.05, 0) is 51.4 Å². The van der Waals surface area contributed by atoms with E-state index >= 15 is 0 Å². The topological polar surface area (TPSA) is 78.9 Å². The van der Waals surface area contributed by atoms with E-state index < -0.39 is 6.10 Å². The molecule has 0 spiro atoms. The van der Waals surface area contributed by atoms with E-state index in [9.17, 15) is 14.4 Å². The van der Waals surface area contributed by atoms with Gasteiger partial charge in [0.1, 0.15) is 13.2 Å². The SMILES string of the molecule is CCCCC/C=C\C/C=C\CCCCCCCCCCCC(=O)OC(COC(=O)CCCCCCCCCCCCCCC)COC(=O)CCCCCCCCCCCCCCCCCCCCCCCCCCC. The van der Waals surface area contributed by atoms with Crippen LogP contribution in [0.15, 0.2) is 24.3 Å². The van der Waals surface area contributed by atoms with Gasteiger partial charge in [-0.2, -0.15) is 0 Å². The molecular formula is C69H130O6. The van der Waals surface area contributed by atoms with Gasteiger partial charge in [-0.15, -0.1) is 0 Å². The molecule has 75 heavy (non-hydrogen) atoms. The van der Waals surface area contributed by atoms with Crippen molar-refractivity contribution in [3.63, 3.8) is 0 Å². The van der Waals surface area contributed by atoms with Gasteiger partial charge in [0.05, 0.1) is 0 Å². The highest BCUT2D eigenvalue weighted by Gasteiger charge is 2.19. The van der Waals surface area contributed by atoms with Crippen molar-refractivity contribution >= 4 is 17.9 Å². The van der Waals surface area contributed by atoms with Crippen LogP contribution in [0.1, 0.15) is 380 Å². The Labute approximate surface area is 468 Å². The van der Waals surface area contributed by atoms with Crippen LogP contribution in [0.3, 0.4) is 0 Å². The molecule has 0 rings (SSSR count). The number of carbonyl (C=O) groups is 3. The van der Waals surface area contributed by atoms with Crippen molar-refractivity contribution in [3.05, 3.63) is 24.3 Å². The van der Waals surface area contributed by atoms with Gasteiger partial charge >= 0.3 is 17.9 Å². The van der Waals surface area contributed by atoms with Crippen LogP contribution in [0, 0.1) is 0 Å². The van der Waals surface area contributed by atoms with Crippen LogP contribution < -0.4 is 0 Å². The van der Waals surface area contributed by atoms with Gasteiger partial charge < -0.3 is 14.2 Å². The first kappa shape index (κ1) is 72.9. The second-order valence-electron chi connectivity index (χ2n) is 23.1. The van der Waals surface area contributed by atoms with Crippen molar-refractivity contribution < 1.29 is 28.6 Å². The van der Waals surface area contributed by atoms with Crippen molar-refractivity contribution in [1.29, 1.82) is 0 Å². The van der Waals surface area contributed by atoms with Crippen molar-refractivity contribution in [2.45, 2.75) is 386 Å². The third-order valence-corrected chi connectivity index (χ3v) is 15.5. The van der Waals surface area contributed by atoms with E-state index in [-0.39, 0.29) is 31.1 Å². The molecule has 442 valence electrons. The lowest BCUT2D eigenvalue weighted by atomic mass is 10.0. The summed E-state index contributed by atoms with van der Waals surface area (Å²) in [4.78, 5) is 38.3. The van der Waals surface area contributed by atoms with E-state index in [0.29, 0.717) is 19.3 Å². The highest BCUT2D eigenvalue weighted by atomic mass is 16.6. The first-order chi connectivity index (χ1) is 37.0. The van der Waals surface area contributed by atoms with E-state index in [1.54, 1.807) is 0 Å². The summed E-state index contributed by atoms with van der Waals surface area (Å²) >= 11 is 0. The van der Waals surface area contributed by atoms with E-state index in [0.717, 1.165) is 64.2 Å². The normalized spacial score (nSPS) is 12.1. The molecular weight excluding hydrogens is 925 g/mol. The van der Waals surface area contributed by atoms with E-state index in [1.807, 2.05) is 0 Å². The van der Waals surface area contributed by atoms with Crippen LogP contribution in [0.5, 0.6) is 0 Å². The number of hydrogen-bond acceptors (Lipinski definition) is 6. The van der Waals surface area contributed by atoms with Crippen molar-refractivity contribution in [3.8, 4) is 0 Å². The first-order valence-electron chi connectivity index (χ1n) is 33.8. The summed E-state index contributed by atoms with van der Waals surface area (Å²) in [6.07, 6.45) is 77.7. The Balaban J connectivity index is 4.22. The lowest BCUT2D eigenvalue weighted by Crippen LogP contribution is -2.30. The molecule has 0 saturated heterocycles. The zero-order chi connectivity index (χ0) is 54.3. The quantitative estimate of drug-likeness (QED) is 0.0261. The third-order valence-electron chi connectivity index (χ3n) is 15.5. The summed E-state index contributed by atoms with van der Waals surface area (Å²) in [7, 11) is 0.